The quantitative estimate of drug-likeness (QED) is 0.247. The van der Waals surface area contributed by atoms with Crippen LogP contribution in [-0.2, 0) is 29.1 Å². The van der Waals surface area contributed by atoms with E-state index in [9.17, 15) is 27.6 Å². The highest BCUT2D eigenvalue weighted by Crippen LogP contribution is 2.52. The molecule has 320 valence electrons. The fourth-order valence-corrected chi connectivity index (χ4v) is 10.9. The molecule has 10 atom stereocenters. The summed E-state index contributed by atoms with van der Waals surface area (Å²) in [6.45, 7) is 7.97. The summed E-state index contributed by atoms with van der Waals surface area (Å²) >= 11 is 6.62. The number of pyridine rings is 1. The Hall–Kier alpha value is -4.11. The third-order valence-corrected chi connectivity index (χ3v) is 16.0. The van der Waals surface area contributed by atoms with Crippen LogP contribution in [0.5, 0.6) is 11.8 Å². The molecular weight excluding hydrogens is 798 g/mol. The summed E-state index contributed by atoms with van der Waals surface area (Å²) in [6.07, 6.45) is 8.93. The van der Waals surface area contributed by atoms with Crippen molar-refractivity contribution in [1.82, 2.24) is 25.2 Å². The van der Waals surface area contributed by atoms with Crippen molar-refractivity contribution in [2.45, 2.75) is 133 Å². The van der Waals surface area contributed by atoms with E-state index in [2.05, 4.69) is 27.3 Å². The summed E-state index contributed by atoms with van der Waals surface area (Å²) in [6, 6.07) is 4.92. The van der Waals surface area contributed by atoms with Crippen molar-refractivity contribution in [3.05, 3.63) is 41.4 Å². The van der Waals surface area contributed by atoms with Crippen LogP contribution in [0.1, 0.15) is 98.3 Å². The second kappa shape index (κ2) is 16.1. The van der Waals surface area contributed by atoms with Crippen molar-refractivity contribution in [3.63, 3.8) is 0 Å². The van der Waals surface area contributed by atoms with Crippen LogP contribution in [-0.4, -0.2) is 89.8 Å². The number of nitrogens with zero attached hydrogens (tertiary/aromatic N) is 2. The van der Waals surface area contributed by atoms with Gasteiger partial charge in [-0.2, -0.15) is 4.98 Å². The van der Waals surface area contributed by atoms with Crippen LogP contribution >= 0.6 is 11.6 Å². The molecule has 3 heterocycles. The first-order valence-electron chi connectivity index (χ1n) is 21.3. The van der Waals surface area contributed by atoms with Gasteiger partial charge >= 0.3 is 6.09 Å². The Labute approximate surface area is 350 Å². The minimum absolute atomic E-state index is 0.0166. The van der Waals surface area contributed by atoms with Gasteiger partial charge in [-0.15, -0.1) is 0 Å². The largest absolute Gasteiger partial charge is 0.478 e. The molecule has 1 aromatic carbocycles. The number of nitrogens with one attached hydrogen (secondary N) is 3. The number of allylic oxidation sites excluding steroid dienone is 1. The number of carbonyl (C=O) groups excluding carboxylic acids is 4. The van der Waals surface area contributed by atoms with Crippen LogP contribution in [0.4, 0.5) is 4.79 Å². The molecule has 2 aromatic rings. The number of fused-ring (bicyclic) bond motifs is 4. The van der Waals surface area contributed by atoms with Crippen molar-refractivity contribution >= 4 is 56.2 Å². The summed E-state index contributed by atoms with van der Waals surface area (Å²) in [4.78, 5) is 63.3. The first-order chi connectivity index (χ1) is 28.1. The van der Waals surface area contributed by atoms with E-state index in [1.807, 2.05) is 32.1 Å². The van der Waals surface area contributed by atoms with Crippen molar-refractivity contribution in [2.24, 2.45) is 29.6 Å². The average molecular weight is 854 g/mol. The first-order valence-corrected chi connectivity index (χ1v) is 23.2. The molecule has 0 spiro atoms. The van der Waals surface area contributed by atoms with Gasteiger partial charge < -0.3 is 29.7 Å². The SMILES string of the molecule is CCCOc1cc2c(Cl)cccc2c(O[C@@H]2C[C@H]3C(=O)N[C@]4(C(=O)NS(=O)(=O)C5(C)CC5)C[C@H]4/C=C\CC[C@@H](C)C[C@@H](C)[C@H](NC(=O)OC4C[C@@H]5C[C@@H]5C4)C(=O)N3C2)n1. The Morgan fingerprint density at radius 3 is 2.54 bits per heavy atom. The second-order valence-electron chi connectivity index (χ2n) is 18.3. The molecule has 1 aromatic heterocycles. The zero-order valence-electron chi connectivity index (χ0n) is 34.2. The molecule has 6 aliphatic rings. The van der Waals surface area contributed by atoms with Crippen LogP contribution in [0, 0.1) is 29.6 Å². The molecule has 3 N–H and O–H groups in total. The van der Waals surface area contributed by atoms with Crippen LogP contribution in [0.15, 0.2) is 36.4 Å². The van der Waals surface area contributed by atoms with Crippen molar-refractivity contribution < 1.29 is 41.8 Å². The van der Waals surface area contributed by atoms with Gasteiger partial charge in [0.05, 0.1) is 17.9 Å². The number of aromatic nitrogens is 1. The molecule has 2 aliphatic heterocycles. The molecule has 59 heavy (non-hydrogen) atoms. The van der Waals surface area contributed by atoms with Gasteiger partial charge in [0.25, 0.3) is 5.91 Å². The van der Waals surface area contributed by atoms with E-state index in [0.717, 1.165) is 25.7 Å². The topological polar surface area (TPSA) is 182 Å². The summed E-state index contributed by atoms with van der Waals surface area (Å²) in [7, 11) is -4.01. The van der Waals surface area contributed by atoms with Gasteiger partial charge in [-0.1, -0.05) is 50.6 Å². The van der Waals surface area contributed by atoms with Gasteiger partial charge in [-0.05, 0) is 107 Å². The molecule has 14 nitrogen and oxygen atoms in total. The number of hydrogen-bond acceptors (Lipinski definition) is 10. The number of sulfonamides is 1. The Kier molecular flexibility index (Phi) is 11.3. The minimum Gasteiger partial charge on any atom is -0.478 e. The maximum absolute atomic E-state index is 15.0. The van der Waals surface area contributed by atoms with E-state index in [1.165, 1.54) is 11.3 Å². The molecule has 4 amide bonds. The molecule has 1 unspecified atom stereocenters. The van der Waals surface area contributed by atoms with Gasteiger partial charge in [0.2, 0.25) is 33.6 Å². The van der Waals surface area contributed by atoms with Crippen molar-refractivity contribution in [1.29, 1.82) is 0 Å². The van der Waals surface area contributed by atoms with Crippen LogP contribution < -0.4 is 24.8 Å². The summed E-state index contributed by atoms with van der Waals surface area (Å²) in [5, 5.41) is 7.59. The molecule has 0 radical (unpaired) electrons. The Morgan fingerprint density at radius 2 is 1.81 bits per heavy atom. The van der Waals surface area contributed by atoms with Gasteiger partial charge in [-0.3, -0.25) is 19.1 Å². The van der Waals surface area contributed by atoms with Crippen molar-refractivity contribution in [2.75, 3.05) is 13.2 Å². The number of benzene rings is 1. The fraction of sp³-hybridized carbons (Fsp3) is 0.651. The third-order valence-electron chi connectivity index (χ3n) is 13.5. The standard InChI is InChI=1S/C43H56ClN5O9S/c1-5-15-56-35-21-32-31(11-8-12-33(32)44)38(45-35)57-30-20-34-37(50)47-43(40(52)48-59(54,55)42(4)13-14-42)22-28(43)10-7-6-9-24(2)16-25(3)36(39(51)49(34)23-30)46-41(53)58-29-18-26-17-27(26)19-29/h7-8,10-12,21,24-30,34,36H,5-6,9,13-20,22-23H2,1-4H3,(H,46,53)(H,47,50)(H,48,52)/b10-7-/t24-,25-,26-,27+,28-,29?,30-,34+,36+,43-/m1/s1. The van der Waals surface area contributed by atoms with E-state index >= 15 is 0 Å². The Balaban J connectivity index is 1.12. The predicted octanol–water partition coefficient (Wildman–Crippen LogP) is 5.80. The minimum atomic E-state index is -4.01. The zero-order valence-corrected chi connectivity index (χ0v) is 35.8. The lowest BCUT2D eigenvalue weighted by Crippen LogP contribution is -2.59. The van der Waals surface area contributed by atoms with E-state index in [1.54, 1.807) is 25.1 Å². The van der Waals surface area contributed by atoms with Crippen LogP contribution in [0.25, 0.3) is 10.8 Å². The van der Waals surface area contributed by atoms with Gasteiger partial charge in [0, 0.05) is 34.2 Å². The molecule has 0 bridgehead atoms. The van der Waals surface area contributed by atoms with E-state index in [4.69, 9.17) is 25.8 Å². The second-order valence-corrected chi connectivity index (χ2v) is 20.9. The highest BCUT2D eigenvalue weighted by molar-refractivity contribution is 7.91. The number of rotatable bonds is 10. The number of carbonyl (C=O) groups is 4. The fourth-order valence-electron chi connectivity index (χ4n) is 9.38. The number of ether oxygens (including phenoxy) is 3. The van der Waals surface area contributed by atoms with Crippen molar-refractivity contribution in [3.8, 4) is 11.8 Å². The highest BCUT2D eigenvalue weighted by Gasteiger charge is 2.63. The van der Waals surface area contributed by atoms with Gasteiger partial charge in [-0.25, -0.2) is 13.2 Å². The normalized spacial score (nSPS) is 34.2. The Morgan fingerprint density at radius 1 is 1.05 bits per heavy atom. The van der Waals surface area contributed by atoms with E-state index < -0.39 is 68.2 Å². The summed E-state index contributed by atoms with van der Waals surface area (Å²) in [5.41, 5.74) is -1.54. The van der Waals surface area contributed by atoms with Crippen LogP contribution in [0.2, 0.25) is 5.02 Å². The molecule has 5 fully saturated rings. The lowest BCUT2D eigenvalue weighted by atomic mass is 9.88. The maximum atomic E-state index is 15.0. The lowest BCUT2D eigenvalue weighted by Gasteiger charge is -2.33. The monoisotopic (exact) mass is 853 g/mol. The average Bonchev–Trinajstić information content (AvgIpc) is 4.14. The molecule has 8 rings (SSSR count). The van der Waals surface area contributed by atoms with E-state index in [-0.39, 0.29) is 43.2 Å². The number of hydrogen-bond donors (Lipinski definition) is 3. The predicted molar refractivity (Wildman–Crippen MR) is 220 cm³/mol. The van der Waals surface area contributed by atoms with Gasteiger partial charge in [0.1, 0.15) is 29.8 Å². The first kappa shape index (κ1) is 41.6. The third kappa shape index (κ3) is 8.60. The molecule has 1 saturated heterocycles. The molecular formula is C43H56ClN5O9S. The van der Waals surface area contributed by atoms with E-state index in [0.29, 0.717) is 65.8 Å². The lowest BCUT2D eigenvalue weighted by molar-refractivity contribution is -0.142. The molecule has 4 saturated carbocycles. The number of amides is 4. The summed E-state index contributed by atoms with van der Waals surface area (Å²) in [5.74, 6) is -0.826. The smallest absolute Gasteiger partial charge is 0.408 e. The number of halogens is 1. The molecule has 16 heteroatoms. The summed E-state index contributed by atoms with van der Waals surface area (Å²) < 4.78 is 46.1. The van der Waals surface area contributed by atoms with Crippen LogP contribution in [0.3, 0.4) is 0 Å². The maximum Gasteiger partial charge on any atom is 0.408 e. The number of alkyl carbamates (subject to hydrolysis) is 1. The van der Waals surface area contributed by atoms with Gasteiger partial charge in [0.15, 0.2) is 0 Å². The zero-order chi connectivity index (χ0) is 41.9. The highest BCUT2D eigenvalue weighted by atomic mass is 35.5. The molecule has 4 aliphatic carbocycles. The Bertz CT molecular complexity index is 2140.